The van der Waals surface area contributed by atoms with Gasteiger partial charge in [-0.15, -0.1) is 0 Å². The van der Waals surface area contributed by atoms with Gasteiger partial charge in [-0.2, -0.15) is 5.10 Å². The molecule has 0 saturated carbocycles. The molecule has 170 valence electrons. The maximum Gasteiger partial charge on any atom is 0.264 e. The van der Waals surface area contributed by atoms with Crippen LogP contribution < -0.4 is 9.04 Å². The van der Waals surface area contributed by atoms with Crippen LogP contribution in [0.4, 0.5) is 5.69 Å². The van der Waals surface area contributed by atoms with Gasteiger partial charge in [-0.25, -0.2) is 13.4 Å². The molecule has 0 aromatic heterocycles. The zero-order valence-electron chi connectivity index (χ0n) is 18.5. The number of carbonyl (C=O) groups is 1. The number of hydrogen-bond acceptors (Lipinski definition) is 5. The third kappa shape index (κ3) is 4.90. The SMILES string of the molecule is COc1ccc(N(CC(=O)N2CCC(c3ccccc3)=N2)S(=O)(=O)c2ccc(C)cc2)cc1. The summed E-state index contributed by atoms with van der Waals surface area (Å²) >= 11 is 0. The van der Waals surface area contributed by atoms with E-state index in [2.05, 4.69) is 5.10 Å². The predicted molar refractivity (Wildman–Crippen MR) is 128 cm³/mol. The molecule has 0 atom stereocenters. The number of benzene rings is 3. The van der Waals surface area contributed by atoms with E-state index in [1.54, 1.807) is 48.5 Å². The van der Waals surface area contributed by atoms with Crippen molar-refractivity contribution in [2.45, 2.75) is 18.2 Å². The van der Waals surface area contributed by atoms with E-state index in [-0.39, 0.29) is 11.4 Å². The fraction of sp³-hybridized carbons (Fsp3) is 0.200. The summed E-state index contributed by atoms with van der Waals surface area (Å²) in [7, 11) is -2.45. The fourth-order valence-electron chi connectivity index (χ4n) is 3.58. The summed E-state index contributed by atoms with van der Waals surface area (Å²) in [5, 5.41) is 5.81. The molecule has 3 aromatic rings. The summed E-state index contributed by atoms with van der Waals surface area (Å²) < 4.78 is 33.4. The van der Waals surface area contributed by atoms with Crippen molar-refractivity contribution in [3.8, 4) is 5.75 Å². The first kappa shape index (κ1) is 22.5. The predicted octanol–water partition coefficient (Wildman–Crippen LogP) is 3.84. The normalized spacial score (nSPS) is 13.5. The van der Waals surface area contributed by atoms with Gasteiger partial charge in [-0.1, -0.05) is 48.0 Å². The lowest BCUT2D eigenvalue weighted by atomic mass is 10.1. The first-order valence-corrected chi connectivity index (χ1v) is 12.0. The Morgan fingerprint density at radius 1 is 1.00 bits per heavy atom. The summed E-state index contributed by atoms with van der Waals surface area (Å²) in [5.74, 6) is 0.196. The van der Waals surface area contributed by atoms with Crippen LogP contribution in [-0.2, 0) is 14.8 Å². The zero-order chi connectivity index (χ0) is 23.4. The van der Waals surface area contributed by atoms with Gasteiger partial charge in [0.05, 0.1) is 29.9 Å². The smallest absolute Gasteiger partial charge is 0.264 e. The lowest BCUT2D eigenvalue weighted by molar-refractivity contribution is -0.129. The van der Waals surface area contributed by atoms with E-state index in [9.17, 15) is 13.2 Å². The number of methoxy groups -OCH3 is 1. The molecule has 0 aliphatic carbocycles. The summed E-state index contributed by atoms with van der Waals surface area (Å²) in [5.41, 5.74) is 3.07. The molecule has 33 heavy (non-hydrogen) atoms. The van der Waals surface area contributed by atoms with E-state index in [1.807, 2.05) is 37.3 Å². The molecule has 0 fully saturated rings. The Morgan fingerprint density at radius 3 is 2.30 bits per heavy atom. The van der Waals surface area contributed by atoms with Gasteiger partial charge in [0, 0.05) is 6.42 Å². The molecule has 0 bridgehead atoms. The third-order valence-corrected chi connectivity index (χ3v) is 7.23. The van der Waals surface area contributed by atoms with Crippen molar-refractivity contribution in [1.82, 2.24) is 5.01 Å². The van der Waals surface area contributed by atoms with E-state index in [0.29, 0.717) is 24.4 Å². The molecule has 0 unspecified atom stereocenters. The van der Waals surface area contributed by atoms with Crippen LogP contribution in [0.2, 0.25) is 0 Å². The number of sulfonamides is 1. The van der Waals surface area contributed by atoms with Crippen molar-refractivity contribution >= 4 is 27.3 Å². The molecule has 7 nitrogen and oxygen atoms in total. The minimum absolute atomic E-state index is 0.117. The van der Waals surface area contributed by atoms with Gasteiger partial charge in [0.15, 0.2) is 0 Å². The molecule has 0 radical (unpaired) electrons. The van der Waals surface area contributed by atoms with Crippen molar-refractivity contribution in [2.75, 3.05) is 24.5 Å². The Balaban J connectivity index is 1.64. The Hall–Kier alpha value is -3.65. The second kappa shape index (κ2) is 9.46. The average Bonchev–Trinajstić information content (AvgIpc) is 3.34. The molecule has 3 aromatic carbocycles. The second-order valence-corrected chi connectivity index (χ2v) is 9.56. The summed E-state index contributed by atoms with van der Waals surface area (Å²) in [6.45, 7) is 1.93. The molecular formula is C25H25N3O4S. The lowest BCUT2D eigenvalue weighted by Gasteiger charge is -2.25. The van der Waals surface area contributed by atoms with Crippen LogP contribution >= 0.6 is 0 Å². The number of hydrazone groups is 1. The van der Waals surface area contributed by atoms with Gasteiger partial charge in [0.25, 0.3) is 15.9 Å². The molecular weight excluding hydrogens is 438 g/mol. The van der Waals surface area contributed by atoms with Crippen molar-refractivity contribution in [3.05, 3.63) is 90.0 Å². The van der Waals surface area contributed by atoms with Gasteiger partial charge in [0.1, 0.15) is 12.3 Å². The van der Waals surface area contributed by atoms with Crippen LogP contribution in [0.1, 0.15) is 17.5 Å². The summed E-state index contributed by atoms with van der Waals surface area (Å²) in [4.78, 5) is 13.3. The first-order chi connectivity index (χ1) is 15.9. The number of rotatable bonds is 7. The topological polar surface area (TPSA) is 79.3 Å². The second-order valence-electron chi connectivity index (χ2n) is 7.70. The molecule has 0 N–H and O–H groups in total. The average molecular weight is 464 g/mol. The number of aryl methyl sites for hydroxylation is 1. The van der Waals surface area contributed by atoms with Gasteiger partial charge in [0.2, 0.25) is 0 Å². The Kier molecular flexibility index (Phi) is 6.46. The maximum atomic E-state index is 13.5. The summed E-state index contributed by atoms with van der Waals surface area (Å²) in [6, 6.07) is 22.8. The van der Waals surface area contributed by atoms with E-state index in [1.165, 1.54) is 12.1 Å². The minimum atomic E-state index is -3.98. The summed E-state index contributed by atoms with van der Waals surface area (Å²) in [6.07, 6.45) is 0.614. The number of anilines is 1. The largest absolute Gasteiger partial charge is 0.497 e. The zero-order valence-corrected chi connectivity index (χ0v) is 19.3. The number of amides is 1. The standard InChI is InChI=1S/C25H25N3O4S/c1-19-8-14-23(15-9-19)33(30,31)28(21-10-12-22(32-2)13-11-21)18-25(29)27-17-16-24(26-27)20-6-4-3-5-7-20/h3-15H,16-18H2,1-2H3. The quantitative estimate of drug-likeness (QED) is 0.533. The van der Waals surface area contributed by atoms with E-state index in [0.717, 1.165) is 21.1 Å². The van der Waals surface area contributed by atoms with Gasteiger partial charge >= 0.3 is 0 Å². The highest BCUT2D eigenvalue weighted by molar-refractivity contribution is 7.92. The number of nitrogens with zero attached hydrogens (tertiary/aromatic N) is 3. The van der Waals surface area contributed by atoms with Gasteiger partial charge in [-0.05, 0) is 48.9 Å². The monoisotopic (exact) mass is 463 g/mol. The molecule has 0 saturated heterocycles. The molecule has 4 rings (SSSR count). The van der Waals surface area contributed by atoms with Crippen molar-refractivity contribution in [2.24, 2.45) is 5.10 Å². The van der Waals surface area contributed by atoms with Gasteiger partial charge < -0.3 is 4.74 Å². The molecule has 1 amide bonds. The highest BCUT2D eigenvalue weighted by atomic mass is 32.2. The molecule has 1 aliphatic rings. The Morgan fingerprint density at radius 2 is 1.67 bits per heavy atom. The fourth-order valence-corrected chi connectivity index (χ4v) is 4.99. The van der Waals surface area contributed by atoms with Crippen LogP contribution in [0.3, 0.4) is 0 Å². The molecule has 8 heteroatoms. The number of hydrogen-bond donors (Lipinski definition) is 0. The highest BCUT2D eigenvalue weighted by Crippen LogP contribution is 2.26. The highest BCUT2D eigenvalue weighted by Gasteiger charge is 2.30. The van der Waals surface area contributed by atoms with E-state index < -0.39 is 15.9 Å². The lowest BCUT2D eigenvalue weighted by Crippen LogP contribution is -2.40. The van der Waals surface area contributed by atoms with Crippen molar-refractivity contribution in [1.29, 1.82) is 0 Å². The van der Waals surface area contributed by atoms with Crippen molar-refractivity contribution < 1.29 is 17.9 Å². The van der Waals surface area contributed by atoms with Crippen LogP contribution in [0, 0.1) is 6.92 Å². The first-order valence-electron chi connectivity index (χ1n) is 10.6. The number of carbonyl (C=O) groups excluding carboxylic acids is 1. The minimum Gasteiger partial charge on any atom is -0.497 e. The Bertz CT molecular complexity index is 1260. The maximum absolute atomic E-state index is 13.5. The Labute approximate surface area is 194 Å². The van der Waals surface area contributed by atoms with Crippen LogP contribution in [0.25, 0.3) is 0 Å². The van der Waals surface area contributed by atoms with Crippen molar-refractivity contribution in [3.63, 3.8) is 0 Å². The molecule has 1 heterocycles. The molecule has 1 aliphatic heterocycles. The van der Waals surface area contributed by atoms with Crippen LogP contribution in [0.15, 0.2) is 88.9 Å². The third-order valence-electron chi connectivity index (χ3n) is 5.44. The van der Waals surface area contributed by atoms with E-state index >= 15 is 0 Å². The van der Waals surface area contributed by atoms with E-state index in [4.69, 9.17) is 4.74 Å². The van der Waals surface area contributed by atoms with Crippen LogP contribution in [0.5, 0.6) is 5.75 Å². The molecule has 0 spiro atoms. The van der Waals surface area contributed by atoms with Crippen LogP contribution in [-0.4, -0.2) is 45.2 Å². The number of ether oxygens (including phenoxy) is 1. The van der Waals surface area contributed by atoms with Gasteiger partial charge in [-0.3, -0.25) is 9.10 Å².